The zero-order chi connectivity index (χ0) is 11.3. The first-order chi connectivity index (χ1) is 7.15. The highest BCUT2D eigenvalue weighted by molar-refractivity contribution is 5.80. The van der Waals surface area contributed by atoms with Gasteiger partial charge in [-0.15, -0.1) is 0 Å². The zero-order valence-electron chi connectivity index (χ0n) is 9.79. The van der Waals surface area contributed by atoms with E-state index in [0.29, 0.717) is 23.8 Å². The molecule has 1 rings (SSSR count). The molecule has 0 saturated heterocycles. The Morgan fingerprint density at radius 3 is 2.53 bits per heavy atom. The van der Waals surface area contributed by atoms with Gasteiger partial charge in [0.1, 0.15) is 5.84 Å². The van der Waals surface area contributed by atoms with Crippen molar-refractivity contribution in [2.24, 2.45) is 10.9 Å². The van der Waals surface area contributed by atoms with Gasteiger partial charge in [0, 0.05) is 18.0 Å². The lowest BCUT2D eigenvalue weighted by atomic mass is 9.74. The van der Waals surface area contributed by atoms with Gasteiger partial charge in [0.25, 0.3) is 0 Å². The van der Waals surface area contributed by atoms with Crippen molar-refractivity contribution in [3.8, 4) is 0 Å². The van der Waals surface area contributed by atoms with Crippen LogP contribution in [0.5, 0.6) is 0 Å². The molecule has 0 radical (unpaired) electrons. The topological polar surface area (TPSA) is 70.6 Å². The molecule has 0 amide bonds. The normalized spacial score (nSPS) is 22.1. The Balaban J connectivity index is 2.45. The highest BCUT2D eigenvalue weighted by Gasteiger charge is 2.36. The molecule has 0 bridgehead atoms. The number of nitrogens with one attached hydrogen (secondary N) is 1. The second-order valence-electron chi connectivity index (χ2n) is 4.53. The van der Waals surface area contributed by atoms with Gasteiger partial charge in [-0.25, -0.2) is 0 Å². The van der Waals surface area contributed by atoms with Crippen molar-refractivity contribution in [1.82, 2.24) is 5.32 Å². The maximum Gasteiger partial charge on any atom is 0.140 e. The molecule has 0 heterocycles. The lowest BCUT2D eigenvalue weighted by Gasteiger charge is -2.44. The van der Waals surface area contributed by atoms with E-state index in [-0.39, 0.29) is 0 Å². The maximum absolute atomic E-state index is 8.54. The van der Waals surface area contributed by atoms with E-state index in [1.54, 1.807) is 0 Å². The molecule has 1 unspecified atom stereocenters. The van der Waals surface area contributed by atoms with Crippen LogP contribution in [0.15, 0.2) is 5.16 Å². The smallest absolute Gasteiger partial charge is 0.140 e. The monoisotopic (exact) mass is 213 g/mol. The molecular weight excluding hydrogens is 190 g/mol. The number of rotatable bonds is 6. The fraction of sp³-hybridized carbons (Fsp3) is 0.909. The Bertz CT molecular complexity index is 218. The molecule has 1 fully saturated rings. The quantitative estimate of drug-likeness (QED) is 0.273. The molecule has 1 atom stereocenters. The van der Waals surface area contributed by atoms with Crippen LogP contribution >= 0.6 is 0 Å². The lowest BCUT2D eigenvalue weighted by molar-refractivity contribution is 0.155. The molecule has 0 aromatic carbocycles. The highest BCUT2D eigenvalue weighted by atomic mass is 16.4. The third-order valence-electron chi connectivity index (χ3n) is 3.57. The highest BCUT2D eigenvalue weighted by Crippen LogP contribution is 2.35. The van der Waals surface area contributed by atoms with Gasteiger partial charge >= 0.3 is 0 Å². The third kappa shape index (κ3) is 3.09. The van der Waals surface area contributed by atoms with Crippen molar-refractivity contribution >= 4 is 5.84 Å². The standard InChI is InChI=1S/C11H23N3O/c1-3-9(8-10(12)14-15)13-11(4-2)6-5-7-11/h9,13,15H,3-8H2,1-2H3,(H2,12,14). The molecule has 88 valence electrons. The second kappa shape index (κ2) is 5.35. The van der Waals surface area contributed by atoms with Gasteiger partial charge in [0.05, 0.1) is 0 Å². The SMILES string of the molecule is CCC(CC(N)=NO)NC1(CC)CCC1. The summed E-state index contributed by atoms with van der Waals surface area (Å²) in [4.78, 5) is 0. The minimum atomic E-state index is 0.319. The summed E-state index contributed by atoms with van der Waals surface area (Å²) in [5, 5.41) is 15.2. The van der Waals surface area contributed by atoms with Crippen LogP contribution in [0.1, 0.15) is 52.4 Å². The number of hydrogen-bond acceptors (Lipinski definition) is 3. The van der Waals surface area contributed by atoms with Crippen molar-refractivity contribution < 1.29 is 5.21 Å². The Kier molecular flexibility index (Phi) is 4.39. The van der Waals surface area contributed by atoms with Crippen molar-refractivity contribution in [2.75, 3.05) is 0 Å². The van der Waals surface area contributed by atoms with E-state index in [1.807, 2.05) is 0 Å². The van der Waals surface area contributed by atoms with Gasteiger partial charge in [-0.1, -0.05) is 19.0 Å². The Morgan fingerprint density at radius 1 is 1.53 bits per heavy atom. The molecule has 4 heteroatoms. The Hall–Kier alpha value is -0.770. The first-order valence-corrected chi connectivity index (χ1v) is 5.90. The van der Waals surface area contributed by atoms with Crippen LogP contribution in [0.2, 0.25) is 0 Å². The van der Waals surface area contributed by atoms with Gasteiger partial charge in [-0.3, -0.25) is 0 Å². The predicted octanol–water partition coefficient (Wildman–Crippen LogP) is 1.82. The molecule has 4 nitrogen and oxygen atoms in total. The maximum atomic E-state index is 8.54. The van der Waals surface area contributed by atoms with Crippen LogP contribution in [-0.4, -0.2) is 22.6 Å². The largest absolute Gasteiger partial charge is 0.409 e. The lowest BCUT2D eigenvalue weighted by Crippen LogP contribution is -2.55. The van der Waals surface area contributed by atoms with Crippen LogP contribution in [0.25, 0.3) is 0 Å². The van der Waals surface area contributed by atoms with Crippen LogP contribution in [0, 0.1) is 0 Å². The van der Waals surface area contributed by atoms with Gasteiger partial charge in [-0.05, 0) is 32.1 Å². The van der Waals surface area contributed by atoms with Crippen LogP contribution < -0.4 is 11.1 Å². The molecule has 15 heavy (non-hydrogen) atoms. The van der Waals surface area contributed by atoms with E-state index in [0.717, 1.165) is 6.42 Å². The van der Waals surface area contributed by atoms with Crippen molar-refractivity contribution in [3.05, 3.63) is 0 Å². The summed E-state index contributed by atoms with van der Waals surface area (Å²) in [6, 6.07) is 0.334. The van der Waals surface area contributed by atoms with Gasteiger partial charge in [0.15, 0.2) is 0 Å². The number of oxime groups is 1. The van der Waals surface area contributed by atoms with E-state index in [2.05, 4.69) is 24.3 Å². The molecule has 4 N–H and O–H groups in total. The van der Waals surface area contributed by atoms with Crippen molar-refractivity contribution in [1.29, 1.82) is 0 Å². The predicted molar refractivity (Wildman–Crippen MR) is 62.1 cm³/mol. The molecular formula is C11H23N3O. The number of hydrogen-bond donors (Lipinski definition) is 3. The minimum Gasteiger partial charge on any atom is -0.409 e. The van der Waals surface area contributed by atoms with Gasteiger partial charge in [0.2, 0.25) is 0 Å². The molecule has 1 aliphatic rings. The average molecular weight is 213 g/mol. The molecule has 1 aliphatic carbocycles. The molecule has 1 saturated carbocycles. The summed E-state index contributed by atoms with van der Waals surface area (Å²) >= 11 is 0. The van der Waals surface area contributed by atoms with E-state index in [4.69, 9.17) is 10.9 Å². The van der Waals surface area contributed by atoms with E-state index < -0.39 is 0 Å². The summed E-state index contributed by atoms with van der Waals surface area (Å²) in [5.74, 6) is 0.319. The zero-order valence-corrected chi connectivity index (χ0v) is 9.79. The fourth-order valence-corrected chi connectivity index (χ4v) is 2.23. The van der Waals surface area contributed by atoms with Gasteiger partial charge in [-0.2, -0.15) is 0 Å². The molecule has 0 spiro atoms. The minimum absolute atomic E-state index is 0.319. The Morgan fingerprint density at radius 2 is 2.20 bits per heavy atom. The summed E-state index contributed by atoms with van der Waals surface area (Å²) < 4.78 is 0. The molecule has 0 aliphatic heterocycles. The summed E-state index contributed by atoms with van der Waals surface area (Å²) in [6.07, 6.45) is 6.65. The summed E-state index contributed by atoms with van der Waals surface area (Å²) in [6.45, 7) is 4.35. The second-order valence-corrected chi connectivity index (χ2v) is 4.53. The third-order valence-corrected chi connectivity index (χ3v) is 3.57. The first-order valence-electron chi connectivity index (χ1n) is 5.90. The molecule has 0 aromatic heterocycles. The number of nitrogens with two attached hydrogens (primary N) is 1. The van der Waals surface area contributed by atoms with Crippen molar-refractivity contribution in [2.45, 2.75) is 64.0 Å². The first kappa shape index (κ1) is 12.3. The van der Waals surface area contributed by atoms with Crippen LogP contribution in [0.3, 0.4) is 0 Å². The van der Waals surface area contributed by atoms with E-state index >= 15 is 0 Å². The summed E-state index contributed by atoms with van der Waals surface area (Å²) in [7, 11) is 0. The average Bonchev–Trinajstić information content (AvgIpc) is 2.21. The van der Waals surface area contributed by atoms with E-state index in [9.17, 15) is 0 Å². The van der Waals surface area contributed by atoms with Crippen LogP contribution in [-0.2, 0) is 0 Å². The summed E-state index contributed by atoms with van der Waals surface area (Å²) in [5.41, 5.74) is 5.86. The van der Waals surface area contributed by atoms with E-state index in [1.165, 1.54) is 25.7 Å². The molecule has 0 aromatic rings. The van der Waals surface area contributed by atoms with Gasteiger partial charge < -0.3 is 16.3 Å². The fourth-order valence-electron chi connectivity index (χ4n) is 2.23. The number of nitrogens with zero attached hydrogens (tertiary/aromatic N) is 1. The van der Waals surface area contributed by atoms with Crippen LogP contribution in [0.4, 0.5) is 0 Å². The Labute approximate surface area is 91.9 Å². The van der Waals surface area contributed by atoms with Crippen molar-refractivity contribution in [3.63, 3.8) is 0 Å². The number of amidine groups is 1.